The molecule has 5 rings (SSSR count). The number of hydrogen-bond donors (Lipinski definition) is 1. The number of aldehydes is 1. The van der Waals surface area contributed by atoms with Gasteiger partial charge in [0.25, 0.3) is 0 Å². The molecule has 8 nitrogen and oxygen atoms in total. The SMILES string of the molecule is CNc1ncc(-c2cc(C(F)(F)F)ccc2N2CCN(C(C=O)n3ccc4cccnc43)CC2)cn1. The first-order valence-corrected chi connectivity index (χ1v) is 11.5. The van der Waals surface area contributed by atoms with Gasteiger partial charge in [0, 0.05) is 80.2 Å². The Morgan fingerprint density at radius 2 is 1.78 bits per heavy atom. The summed E-state index contributed by atoms with van der Waals surface area (Å²) in [5, 5.41) is 3.76. The fourth-order valence-electron chi connectivity index (χ4n) is 4.57. The minimum absolute atomic E-state index is 0.382. The molecule has 1 aromatic carbocycles. The van der Waals surface area contributed by atoms with Crippen LogP contribution in [0.2, 0.25) is 0 Å². The molecule has 4 heterocycles. The molecule has 0 amide bonds. The first-order valence-electron chi connectivity index (χ1n) is 11.5. The standard InChI is InChI=1S/C25H24F3N7O/c1-29-24-31-14-18(15-32-24)20-13-19(25(26,27)28)4-5-21(20)33-9-11-34(12-10-33)22(16-36)35-8-6-17-3-2-7-30-23(17)35/h2-8,13-16,22H,9-12H2,1H3,(H,29,31,32). The molecule has 186 valence electrons. The fraction of sp³-hybridized carbons (Fsp3) is 0.280. The van der Waals surface area contributed by atoms with Gasteiger partial charge in [-0.05, 0) is 36.4 Å². The molecule has 1 aliphatic rings. The predicted molar refractivity (Wildman–Crippen MR) is 131 cm³/mol. The highest BCUT2D eigenvalue weighted by Crippen LogP contribution is 2.38. The zero-order chi connectivity index (χ0) is 25.3. The van der Waals surface area contributed by atoms with E-state index in [9.17, 15) is 18.0 Å². The summed E-state index contributed by atoms with van der Waals surface area (Å²) in [5.41, 5.74) is 1.57. The Morgan fingerprint density at radius 1 is 1.03 bits per heavy atom. The maximum absolute atomic E-state index is 13.5. The van der Waals surface area contributed by atoms with Crippen LogP contribution in [0.5, 0.6) is 0 Å². The van der Waals surface area contributed by atoms with Crippen LogP contribution < -0.4 is 10.2 Å². The highest BCUT2D eigenvalue weighted by atomic mass is 19.4. The lowest BCUT2D eigenvalue weighted by Gasteiger charge is -2.39. The van der Waals surface area contributed by atoms with Crippen LogP contribution in [0.3, 0.4) is 0 Å². The van der Waals surface area contributed by atoms with E-state index < -0.39 is 17.9 Å². The third-order valence-corrected chi connectivity index (χ3v) is 6.42. The van der Waals surface area contributed by atoms with Gasteiger partial charge < -0.3 is 14.8 Å². The summed E-state index contributed by atoms with van der Waals surface area (Å²) in [6.07, 6.45) is 2.48. The van der Waals surface area contributed by atoms with Crippen molar-refractivity contribution in [3.63, 3.8) is 0 Å². The number of fused-ring (bicyclic) bond motifs is 1. The van der Waals surface area contributed by atoms with Crippen LogP contribution in [0.25, 0.3) is 22.2 Å². The van der Waals surface area contributed by atoms with Crippen LogP contribution in [0.15, 0.2) is 61.2 Å². The maximum atomic E-state index is 13.5. The number of piperazine rings is 1. The molecule has 1 aliphatic heterocycles. The monoisotopic (exact) mass is 495 g/mol. The third-order valence-electron chi connectivity index (χ3n) is 6.42. The van der Waals surface area contributed by atoms with Gasteiger partial charge in [-0.25, -0.2) is 15.0 Å². The number of rotatable bonds is 6. The molecule has 0 spiro atoms. The van der Waals surface area contributed by atoms with E-state index in [1.807, 2.05) is 38.8 Å². The molecule has 3 aromatic heterocycles. The van der Waals surface area contributed by atoms with Crippen molar-refractivity contribution in [2.75, 3.05) is 43.4 Å². The topological polar surface area (TPSA) is 79.2 Å². The van der Waals surface area contributed by atoms with Gasteiger partial charge in [-0.2, -0.15) is 13.2 Å². The predicted octanol–water partition coefficient (Wildman–Crippen LogP) is 4.07. The molecule has 0 radical (unpaired) electrons. The Hall–Kier alpha value is -3.99. The molecule has 1 saturated heterocycles. The minimum Gasteiger partial charge on any atom is -0.368 e. The second-order valence-corrected chi connectivity index (χ2v) is 8.49. The maximum Gasteiger partial charge on any atom is 0.416 e. The number of anilines is 2. The molecule has 0 bridgehead atoms. The third kappa shape index (κ3) is 4.49. The molecule has 1 fully saturated rings. The smallest absolute Gasteiger partial charge is 0.368 e. The Bertz CT molecular complexity index is 1360. The zero-order valence-electron chi connectivity index (χ0n) is 19.5. The summed E-state index contributed by atoms with van der Waals surface area (Å²) >= 11 is 0. The molecule has 0 saturated carbocycles. The fourth-order valence-corrected chi connectivity index (χ4v) is 4.57. The summed E-state index contributed by atoms with van der Waals surface area (Å²) in [6.45, 7) is 2.16. The number of carbonyl (C=O) groups excluding carboxylic acids is 1. The molecule has 1 unspecified atom stereocenters. The van der Waals surface area contributed by atoms with Crippen LogP contribution >= 0.6 is 0 Å². The average Bonchev–Trinajstić information content (AvgIpc) is 3.33. The quantitative estimate of drug-likeness (QED) is 0.404. The second-order valence-electron chi connectivity index (χ2n) is 8.49. The molecule has 1 atom stereocenters. The second kappa shape index (κ2) is 9.57. The summed E-state index contributed by atoms with van der Waals surface area (Å²) in [5.74, 6) is 0.382. The minimum atomic E-state index is -4.47. The van der Waals surface area contributed by atoms with Crippen molar-refractivity contribution in [2.24, 2.45) is 0 Å². The summed E-state index contributed by atoms with van der Waals surface area (Å²) in [6, 6.07) is 9.45. The number of pyridine rings is 1. The number of alkyl halides is 3. The van der Waals surface area contributed by atoms with Gasteiger partial charge in [-0.1, -0.05) is 0 Å². The van der Waals surface area contributed by atoms with Crippen LogP contribution in [0, 0.1) is 0 Å². The first-order chi connectivity index (χ1) is 17.4. The number of hydrogen-bond acceptors (Lipinski definition) is 7. The van der Waals surface area contributed by atoms with E-state index in [2.05, 4.69) is 20.3 Å². The van der Waals surface area contributed by atoms with Gasteiger partial charge in [0.2, 0.25) is 5.95 Å². The number of nitrogens with one attached hydrogen (secondary N) is 1. The Labute approximate surface area is 205 Å². The Morgan fingerprint density at radius 3 is 2.44 bits per heavy atom. The largest absolute Gasteiger partial charge is 0.416 e. The summed E-state index contributed by atoms with van der Waals surface area (Å²) in [7, 11) is 1.67. The van der Waals surface area contributed by atoms with E-state index in [0.29, 0.717) is 48.9 Å². The van der Waals surface area contributed by atoms with Gasteiger partial charge in [-0.15, -0.1) is 0 Å². The molecule has 4 aromatic rings. The number of nitrogens with zero attached hydrogens (tertiary/aromatic N) is 6. The number of halogens is 3. The molecule has 1 N–H and O–H groups in total. The van der Waals surface area contributed by atoms with Crippen LogP contribution in [0.1, 0.15) is 11.7 Å². The average molecular weight is 496 g/mol. The molecular formula is C25H24F3N7O. The van der Waals surface area contributed by atoms with E-state index in [4.69, 9.17) is 0 Å². The van der Waals surface area contributed by atoms with Gasteiger partial charge in [0.05, 0.1) is 5.56 Å². The van der Waals surface area contributed by atoms with Crippen LogP contribution in [-0.4, -0.2) is 63.9 Å². The van der Waals surface area contributed by atoms with E-state index in [0.717, 1.165) is 29.5 Å². The van der Waals surface area contributed by atoms with E-state index >= 15 is 0 Å². The van der Waals surface area contributed by atoms with Gasteiger partial charge in [0.1, 0.15) is 11.8 Å². The lowest BCUT2D eigenvalue weighted by atomic mass is 10.0. The number of benzene rings is 1. The highest BCUT2D eigenvalue weighted by molar-refractivity contribution is 5.79. The molecule has 0 aliphatic carbocycles. The lowest BCUT2D eigenvalue weighted by molar-refractivity contribution is -0.137. The highest BCUT2D eigenvalue weighted by Gasteiger charge is 2.32. The molecular weight excluding hydrogens is 471 g/mol. The Kier molecular flexibility index (Phi) is 6.31. The van der Waals surface area contributed by atoms with Crippen molar-refractivity contribution in [1.29, 1.82) is 0 Å². The van der Waals surface area contributed by atoms with Gasteiger partial charge >= 0.3 is 6.18 Å². The normalized spacial score (nSPS) is 15.7. The van der Waals surface area contributed by atoms with Crippen molar-refractivity contribution >= 4 is 29.0 Å². The van der Waals surface area contributed by atoms with E-state index in [1.165, 1.54) is 18.5 Å². The molecule has 11 heteroatoms. The van der Waals surface area contributed by atoms with Gasteiger partial charge in [0.15, 0.2) is 6.29 Å². The number of aromatic nitrogens is 4. The van der Waals surface area contributed by atoms with E-state index in [-0.39, 0.29) is 0 Å². The van der Waals surface area contributed by atoms with Crippen LogP contribution in [-0.2, 0) is 11.0 Å². The summed E-state index contributed by atoms with van der Waals surface area (Å²) in [4.78, 5) is 28.9. The molecule has 36 heavy (non-hydrogen) atoms. The van der Waals surface area contributed by atoms with Crippen molar-refractivity contribution < 1.29 is 18.0 Å². The van der Waals surface area contributed by atoms with Crippen molar-refractivity contribution in [2.45, 2.75) is 12.3 Å². The number of carbonyl (C=O) groups is 1. The van der Waals surface area contributed by atoms with Crippen LogP contribution in [0.4, 0.5) is 24.8 Å². The van der Waals surface area contributed by atoms with E-state index in [1.54, 1.807) is 13.2 Å². The summed E-state index contributed by atoms with van der Waals surface area (Å²) < 4.78 is 42.3. The Balaban J connectivity index is 1.41. The first kappa shape index (κ1) is 23.7. The lowest BCUT2D eigenvalue weighted by Crippen LogP contribution is -2.49. The van der Waals surface area contributed by atoms with Crippen molar-refractivity contribution in [3.05, 3.63) is 66.7 Å². The van der Waals surface area contributed by atoms with Gasteiger partial charge in [-0.3, -0.25) is 9.69 Å². The van der Waals surface area contributed by atoms with Crippen molar-refractivity contribution in [3.8, 4) is 11.1 Å². The zero-order valence-corrected chi connectivity index (χ0v) is 19.5. The van der Waals surface area contributed by atoms with Crippen molar-refractivity contribution in [1.82, 2.24) is 24.4 Å².